The molecule has 0 aromatic rings. The lowest BCUT2D eigenvalue weighted by molar-refractivity contribution is -0.135. The van der Waals surface area contributed by atoms with Gasteiger partial charge in [-0.15, -0.1) is 0 Å². The summed E-state index contributed by atoms with van der Waals surface area (Å²) >= 11 is 0. The lowest BCUT2D eigenvalue weighted by atomic mass is 10.6. The number of hydrogen-bond acceptors (Lipinski definition) is 2. The fourth-order valence-corrected chi connectivity index (χ4v) is 0.388. The normalized spacial score (nSPS) is 9.58. The van der Waals surface area contributed by atoms with Gasteiger partial charge in [-0.3, -0.25) is 4.79 Å². The molecular formula is C5H8F2N2O3. The molecule has 0 saturated carbocycles. The van der Waals surface area contributed by atoms with Gasteiger partial charge < -0.3 is 15.7 Å². The smallest absolute Gasteiger partial charge is 0.323 e. The molecule has 0 fully saturated rings. The van der Waals surface area contributed by atoms with Crippen LogP contribution >= 0.6 is 0 Å². The van der Waals surface area contributed by atoms with Gasteiger partial charge in [-0.05, 0) is 0 Å². The maximum absolute atomic E-state index is 11.4. The average molecular weight is 182 g/mol. The van der Waals surface area contributed by atoms with Crippen LogP contribution in [-0.2, 0) is 4.79 Å². The van der Waals surface area contributed by atoms with Crippen LogP contribution in [0.1, 0.15) is 0 Å². The van der Waals surface area contributed by atoms with Gasteiger partial charge in [-0.1, -0.05) is 0 Å². The molecule has 0 aromatic heterocycles. The van der Waals surface area contributed by atoms with Crippen molar-refractivity contribution in [3.63, 3.8) is 0 Å². The van der Waals surface area contributed by atoms with Crippen LogP contribution in [0.15, 0.2) is 0 Å². The number of carboxylic acids is 1. The number of halogens is 2. The first-order chi connectivity index (χ1) is 5.52. The Morgan fingerprint density at radius 1 is 1.33 bits per heavy atom. The van der Waals surface area contributed by atoms with Crippen molar-refractivity contribution in [1.29, 1.82) is 0 Å². The summed E-state index contributed by atoms with van der Waals surface area (Å²) in [6, 6.07) is -0.919. The van der Waals surface area contributed by atoms with Crippen LogP contribution in [0.4, 0.5) is 13.6 Å². The Hall–Kier alpha value is -1.40. The van der Waals surface area contributed by atoms with Crippen LogP contribution in [0.5, 0.6) is 0 Å². The maximum atomic E-state index is 11.4. The van der Waals surface area contributed by atoms with E-state index < -0.39 is 31.5 Å². The third-order valence-corrected chi connectivity index (χ3v) is 0.817. The molecule has 0 aliphatic rings. The van der Waals surface area contributed by atoms with E-state index in [4.69, 9.17) is 5.11 Å². The van der Waals surface area contributed by atoms with Crippen molar-refractivity contribution < 1.29 is 23.5 Å². The number of aliphatic carboxylic acids is 1. The van der Waals surface area contributed by atoms with E-state index in [0.29, 0.717) is 0 Å². The minimum atomic E-state index is -2.64. The second-order valence-corrected chi connectivity index (χ2v) is 1.85. The largest absolute Gasteiger partial charge is 0.480 e. The van der Waals surface area contributed by atoms with E-state index in [1.165, 1.54) is 0 Å². The van der Waals surface area contributed by atoms with Gasteiger partial charge in [0.2, 0.25) is 0 Å². The Morgan fingerprint density at radius 2 is 1.92 bits per heavy atom. The molecule has 0 spiro atoms. The molecule has 2 amide bonds. The first-order valence-corrected chi connectivity index (χ1v) is 3.04. The molecule has 3 N–H and O–H groups in total. The highest BCUT2D eigenvalue weighted by molar-refractivity contribution is 5.79. The fraction of sp³-hybridized carbons (Fsp3) is 0.600. The van der Waals surface area contributed by atoms with Gasteiger partial charge in [0, 0.05) is 0 Å². The molecule has 0 radical (unpaired) electrons. The molecule has 0 atom stereocenters. The predicted molar refractivity (Wildman–Crippen MR) is 35.0 cm³/mol. The van der Waals surface area contributed by atoms with Crippen molar-refractivity contribution in [3.05, 3.63) is 0 Å². The highest BCUT2D eigenvalue weighted by atomic mass is 19.3. The zero-order valence-electron chi connectivity index (χ0n) is 6.01. The van der Waals surface area contributed by atoms with Crippen molar-refractivity contribution in [2.24, 2.45) is 0 Å². The summed E-state index contributed by atoms with van der Waals surface area (Å²) in [6.45, 7) is -1.37. The lowest BCUT2D eigenvalue weighted by Crippen LogP contribution is -2.40. The summed E-state index contributed by atoms with van der Waals surface area (Å²) in [5.74, 6) is -1.23. The zero-order valence-corrected chi connectivity index (χ0v) is 6.01. The van der Waals surface area contributed by atoms with Crippen LogP contribution in [0.2, 0.25) is 0 Å². The van der Waals surface area contributed by atoms with Crippen LogP contribution in [0, 0.1) is 0 Å². The summed E-state index contributed by atoms with van der Waals surface area (Å²) < 4.78 is 22.9. The van der Waals surface area contributed by atoms with E-state index in [2.05, 4.69) is 0 Å². The molecule has 0 heterocycles. The fourth-order valence-electron chi connectivity index (χ4n) is 0.388. The molecule has 5 nitrogen and oxygen atoms in total. The van der Waals surface area contributed by atoms with Crippen LogP contribution in [0.25, 0.3) is 0 Å². The second kappa shape index (κ2) is 5.28. The number of urea groups is 1. The maximum Gasteiger partial charge on any atom is 0.323 e. The van der Waals surface area contributed by atoms with Gasteiger partial charge in [-0.2, -0.15) is 0 Å². The summed E-state index contributed by atoms with van der Waals surface area (Å²) in [4.78, 5) is 20.3. The first-order valence-electron chi connectivity index (χ1n) is 3.04. The van der Waals surface area contributed by atoms with Gasteiger partial charge in [0.05, 0.1) is 6.54 Å². The Bertz CT molecular complexity index is 174. The monoisotopic (exact) mass is 182 g/mol. The number of nitrogens with one attached hydrogen (secondary N) is 2. The minimum Gasteiger partial charge on any atom is -0.480 e. The molecule has 0 aliphatic heterocycles. The third kappa shape index (κ3) is 6.72. The molecule has 0 bridgehead atoms. The number of carbonyl (C=O) groups is 2. The molecule has 0 rings (SSSR count). The molecule has 0 unspecified atom stereocenters. The molecule has 0 saturated heterocycles. The number of amides is 2. The Balaban J connectivity index is 3.40. The van der Waals surface area contributed by atoms with Gasteiger partial charge in [-0.25, -0.2) is 13.6 Å². The van der Waals surface area contributed by atoms with E-state index in [1.54, 1.807) is 5.32 Å². The van der Waals surface area contributed by atoms with Crippen molar-refractivity contribution >= 4 is 12.0 Å². The lowest BCUT2D eigenvalue weighted by Gasteiger charge is -2.03. The SMILES string of the molecule is O=C(O)CNC(=O)NCC(F)F. The molecular weight excluding hydrogens is 174 g/mol. The third-order valence-electron chi connectivity index (χ3n) is 0.817. The van der Waals surface area contributed by atoms with E-state index in [-0.39, 0.29) is 0 Å². The quantitative estimate of drug-likeness (QED) is 0.555. The van der Waals surface area contributed by atoms with Crippen molar-refractivity contribution in [1.82, 2.24) is 10.6 Å². The molecule has 7 heteroatoms. The van der Waals surface area contributed by atoms with Crippen molar-refractivity contribution in [3.8, 4) is 0 Å². The second-order valence-electron chi connectivity index (χ2n) is 1.85. The van der Waals surface area contributed by atoms with Crippen molar-refractivity contribution in [2.45, 2.75) is 6.43 Å². The van der Waals surface area contributed by atoms with Crippen LogP contribution in [-0.4, -0.2) is 36.6 Å². The Kier molecular flexibility index (Phi) is 4.66. The Labute approximate surface area is 66.7 Å². The number of alkyl halides is 2. The van der Waals surface area contributed by atoms with Crippen molar-refractivity contribution in [2.75, 3.05) is 13.1 Å². The molecule has 0 aliphatic carbocycles. The number of carbonyl (C=O) groups excluding carboxylic acids is 1. The average Bonchev–Trinajstić information content (AvgIpc) is 1.96. The van der Waals surface area contributed by atoms with Gasteiger partial charge in [0.1, 0.15) is 6.54 Å². The van der Waals surface area contributed by atoms with E-state index in [9.17, 15) is 18.4 Å². The van der Waals surface area contributed by atoms with Gasteiger partial charge in [0.25, 0.3) is 6.43 Å². The number of carboxylic acid groups (broad SMARTS) is 1. The number of rotatable bonds is 4. The van der Waals surface area contributed by atoms with Gasteiger partial charge in [0.15, 0.2) is 0 Å². The topological polar surface area (TPSA) is 78.4 Å². The summed E-state index contributed by atoms with van der Waals surface area (Å²) in [5, 5.41) is 11.7. The van der Waals surface area contributed by atoms with Crippen LogP contribution < -0.4 is 10.6 Å². The summed E-state index contributed by atoms with van der Waals surface area (Å²) in [7, 11) is 0. The first kappa shape index (κ1) is 10.6. The summed E-state index contributed by atoms with van der Waals surface area (Å²) in [5.41, 5.74) is 0. The van der Waals surface area contributed by atoms with E-state index >= 15 is 0 Å². The van der Waals surface area contributed by atoms with E-state index in [1.807, 2.05) is 5.32 Å². The highest BCUT2D eigenvalue weighted by Gasteiger charge is 2.06. The Morgan fingerprint density at radius 3 is 2.33 bits per heavy atom. The predicted octanol–water partition coefficient (Wildman–Crippen LogP) is -0.365. The standard InChI is InChI=1S/C5H8F2N2O3/c6-3(7)1-8-5(12)9-2-4(10)11/h3H,1-2H2,(H,10,11)(H2,8,9,12). The summed E-state index contributed by atoms with van der Waals surface area (Å²) in [6.07, 6.45) is -2.64. The molecule has 70 valence electrons. The number of hydrogen-bond donors (Lipinski definition) is 3. The van der Waals surface area contributed by atoms with Gasteiger partial charge >= 0.3 is 12.0 Å². The molecule has 12 heavy (non-hydrogen) atoms. The molecule has 0 aromatic carbocycles. The zero-order chi connectivity index (χ0) is 9.56. The van der Waals surface area contributed by atoms with Crippen LogP contribution in [0.3, 0.4) is 0 Å². The van der Waals surface area contributed by atoms with E-state index in [0.717, 1.165) is 0 Å². The minimum absolute atomic E-state index is 0.588. The highest BCUT2D eigenvalue weighted by Crippen LogP contribution is 1.86.